The van der Waals surface area contributed by atoms with Crippen LogP contribution in [0.4, 0.5) is 4.39 Å². The van der Waals surface area contributed by atoms with Gasteiger partial charge in [-0.15, -0.1) is 0 Å². The number of fused-ring (bicyclic) bond motifs is 1. The first-order valence-corrected chi connectivity index (χ1v) is 9.62. The number of nitrogens with one attached hydrogen (secondary N) is 1. The van der Waals surface area contributed by atoms with Gasteiger partial charge in [0.2, 0.25) is 5.88 Å². The lowest BCUT2D eigenvalue weighted by atomic mass is 10.1. The van der Waals surface area contributed by atoms with E-state index in [1.54, 1.807) is 6.26 Å². The zero-order valence-corrected chi connectivity index (χ0v) is 16.8. The van der Waals surface area contributed by atoms with Gasteiger partial charge in [0.15, 0.2) is 16.7 Å². The molecule has 132 valence electrons. The predicted molar refractivity (Wildman–Crippen MR) is 98.8 cm³/mol. The van der Waals surface area contributed by atoms with Crippen molar-refractivity contribution in [3.8, 4) is 11.6 Å². The van der Waals surface area contributed by atoms with Gasteiger partial charge in [-0.2, -0.15) is 4.98 Å². The monoisotopic (exact) mass is 437 g/mol. The quantitative estimate of drug-likeness (QED) is 0.399. The van der Waals surface area contributed by atoms with Crippen molar-refractivity contribution in [3.63, 3.8) is 0 Å². The van der Waals surface area contributed by atoms with E-state index in [-0.39, 0.29) is 49.1 Å². The number of ether oxygens (including phenoxy) is 1. The molecule has 5 nitrogen and oxygen atoms in total. The van der Waals surface area contributed by atoms with E-state index in [4.69, 9.17) is 16.3 Å². The summed E-state index contributed by atoms with van der Waals surface area (Å²) in [7, 11) is 1.86. The third-order valence-corrected chi connectivity index (χ3v) is 5.75. The highest BCUT2D eigenvalue weighted by molar-refractivity contribution is 9.10. The molecule has 2 atom stereocenters. The third kappa shape index (κ3) is 3.71. The van der Waals surface area contributed by atoms with Gasteiger partial charge in [0.1, 0.15) is 15.9 Å². The molecule has 0 aliphatic heterocycles. The van der Waals surface area contributed by atoms with Crippen LogP contribution in [0, 0.1) is 11.7 Å². The fourth-order valence-corrected chi connectivity index (χ4v) is 3.04. The number of thioether (sulfide) groups is 1. The van der Waals surface area contributed by atoms with Gasteiger partial charge in [-0.05, 0) is 36.2 Å². The van der Waals surface area contributed by atoms with Crippen LogP contribution in [0.1, 0.15) is 13.8 Å². The van der Waals surface area contributed by atoms with Crippen LogP contribution in [-0.2, 0) is 0 Å². The molecule has 1 unspecified atom stereocenters. The second-order valence-corrected chi connectivity index (χ2v) is 7.34. The molecule has 2 aromatic rings. The molecular formula is C15H18BrClFN3O2S. The Hall–Kier alpha value is -0.830. The molecule has 1 heterocycles. The lowest BCUT2D eigenvalue weighted by Gasteiger charge is -2.21. The summed E-state index contributed by atoms with van der Waals surface area (Å²) in [6, 6.07) is 0.215. The zero-order valence-electron chi connectivity index (χ0n) is 13.7. The van der Waals surface area contributed by atoms with Crippen LogP contribution < -0.4 is 10.1 Å². The number of hydrogen-bond donors (Lipinski definition) is 2. The minimum Gasteiger partial charge on any atom is -0.493 e. The molecule has 0 saturated heterocycles. The Bertz CT molecular complexity index is 766. The molecular weight excluding hydrogens is 421 g/mol. The average molecular weight is 439 g/mol. The lowest BCUT2D eigenvalue weighted by Crippen LogP contribution is -2.32. The van der Waals surface area contributed by atoms with Crippen molar-refractivity contribution >= 4 is 50.2 Å². The standard InChI is InChI=1S/C15H18BrClFN3O2S/c1-6(7(2)19-3)5-23-13-8-12(11(18)9(16)10(13)17)20-15(24-4)21-14(8)22/h6-7,19H,5H2,1-4H3,(H,20,21,22)/t6?,7-/m1/s1. The minimum atomic E-state index is -0.660. The highest BCUT2D eigenvalue weighted by Crippen LogP contribution is 2.44. The van der Waals surface area contributed by atoms with E-state index < -0.39 is 5.82 Å². The molecule has 9 heteroatoms. The van der Waals surface area contributed by atoms with Gasteiger partial charge in [0, 0.05) is 12.0 Å². The van der Waals surface area contributed by atoms with Gasteiger partial charge in [-0.1, -0.05) is 30.3 Å². The van der Waals surface area contributed by atoms with Gasteiger partial charge >= 0.3 is 0 Å². The summed E-state index contributed by atoms with van der Waals surface area (Å²) in [5, 5.41) is 13.7. The van der Waals surface area contributed by atoms with Gasteiger partial charge in [-0.25, -0.2) is 9.37 Å². The van der Waals surface area contributed by atoms with Crippen LogP contribution >= 0.6 is 39.3 Å². The summed E-state index contributed by atoms with van der Waals surface area (Å²) < 4.78 is 20.4. The maximum atomic E-state index is 14.5. The van der Waals surface area contributed by atoms with Crippen molar-refractivity contribution in [2.24, 2.45) is 5.92 Å². The molecule has 0 bridgehead atoms. The molecule has 0 spiro atoms. The fourth-order valence-electron chi connectivity index (χ4n) is 2.08. The first-order valence-electron chi connectivity index (χ1n) is 7.23. The van der Waals surface area contributed by atoms with Crippen LogP contribution in [0.2, 0.25) is 5.02 Å². The number of benzene rings is 1. The normalized spacial score (nSPS) is 14.0. The molecule has 2 N–H and O–H groups in total. The van der Waals surface area contributed by atoms with Crippen molar-refractivity contribution in [1.29, 1.82) is 0 Å². The summed E-state index contributed by atoms with van der Waals surface area (Å²) in [5.74, 6) is -0.687. The smallest absolute Gasteiger partial charge is 0.226 e. The van der Waals surface area contributed by atoms with Crippen molar-refractivity contribution in [2.75, 3.05) is 19.9 Å². The first-order chi connectivity index (χ1) is 11.3. The zero-order chi connectivity index (χ0) is 18.0. The predicted octanol–water partition coefficient (Wildman–Crippen LogP) is 4.24. The fraction of sp³-hybridized carbons (Fsp3) is 0.467. The SMILES string of the molecule is CN[C@H](C)C(C)COc1c(Cl)c(Br)c(F)c2nc(SC)nc(O)c12. The second-order valence-electron chi connectivity index (χ2n) is 5.39. The Balaban J connectivity index is 2.56. The Morgan fingerprint density at radius 1 is 1.42 bits per heavy atom. The Kier molecular flexibility index (Phi) is 6.52. The first kappa shape index (κ1) is 19.5. The summed E-state index contributed by atoms with van der Waals surface area (Å²) in [5.41, 5.74) is -0.0348. The molecule has 0 amide bonds. The van der Waals surface area contributed by atoms with Crippen molar-refractivity contribution < 1.29 is 14.2 Å². The van der Waals surface area contributed by atoms with Gasteiger partial charge in [-0.3, -0.25) is 0 Å². The van der Waals surface area contributed by atoms with Crippen LogP contribution in [-0.4, -0.2) is 41.0 Å². The summed E-state index contributed by atoms with van der Waals surface area (Å²) >= 11 is 10.5. The number of rotatable bonds is 6. The molecule has 0 fully saturated rings. The number of nitrogens with zero attached hydrogens (tertiary/aromatic N) is 2. The number of hydrogen-bond acceptors (Lipinski definition) is 6. The van der Waals surface area contributed by atoms with E-state index in [9.17, 15) is 9.50 Å². The Morgan fingerprint density at radius 2 is 2.08 bits per heavy atom. The molecule has 0 aliphatic rings. The summed E-state index contributed by atoms with van der Waals surface area (Å²) in [4.78, 5) is 8.08. The summed E-state index contributed by atoms with van der Waals surface area (Å²) in [6.45, 7) is 4.37. The van der Waals surface area contributed by atoms with E-state index >= 15 is 0 Å². The molecule has 24 heavy (non-hydrogen) atoms. The lowest BCUT2D eigenvalue weighted by molar-refractivity contribution is 0.233. The summed E-state index contributed by atoms with van der Waals surface area (Å²) in [6.07, 6.45) is 1.74. The topological polar surface area (TPSA) is 67.3 Å². The van der Waals surface area contributed by atoms with E-state index in [0.717, 1.165) is 0 Å². The van der Waals surface area contributed by atoms with Crippen molar-refractivity contribution in [3.05, 3.63) is 15.3 Å². The maximum Gasteiger partial charge on any atom is 0.226 e. The van der Waals surface area contributed by atoms with E-state index in [1.807, 2.05) is 20.9 Å². The van der Waals surface area contributed by atoms with Crippen molar-refractivity contribution in [2.45, 2.75) is 25.0 Å². The van der Waals surface area contributed by atoms with Gasteiger partial charge in [0.25, 0.3) is 0 Å². The van der Waals surface area contributed by atoms with Gasteiger partial charge in [0.05, 0.1) is 11.1 Å². The Morgan fingerprint density at radius 3 is 2.67 bits per heavy atom. The largest absolute Gasteiger partial charge is 0.493 e. The molecule has 0 aliphatic carbocycles. The van der Waals surface area contributed by atoms with Crippen molar-refractivity contribution in [1.82, 2.24) is 15.3 Å². The average Bonchev–Trinajstić information content (AvgIpc) is 2.58. The van der Waals surface area contributed by atoms with Gasteiger partial charge < -0.3 is 15.2 Å². The van der Waals surface area contributed by atoms with E-state index in [2.05, 4.69) is 31.2 Å². The van der Waals surface area contributed by atoms with E-state index in [0.29, 0.717) is 6.61 Å². The highest BCUT2D eigenvalue weighted by Gasteiger charge is 2.24. The highest BCUT2D eigenvalue weighted by atomic mass is 79.9. The number of aromatic nitrogens is 2. The van der Waals surface area contributed by atoms with E-state index in [1.165, 1.54) is 11.8 Å². The van der Waals surface area contributed by atoms with Crippen LogP contribution in [0.15, 0.2) is 9.63 Å². The number of aromatic hydroxyl groups is 1. The number of halogens is 3. The molecule has 0 saturated carbocycles. The molecule has 0 radical (unpaired) electrons. The van der Waals surface area contributed by atoms with Crippen LogP contribution in [0.25, 0.3) is 10.9 Å². The van der Waals surface area contributed by atoms with Crippen LogP contribution in [0.3, 0.4) is 0 Å². The third-order valence-electron chi connectivity index (χ3n) is 3.87. The molecule has 2 rings (SSSR count). The minimum absolute atomic E-state index is 0.0348. The second kappa shape index (κ2) is 8.03. The molecule has 1 aromatic heterocycles. The van der Waals surface area contributed by atoms with Crippen LogP contribution in [0.5, 0.6) is 11.6 Å². The maximum absolute atomic E-state index is 14.5. The molecule has 1 aromatic carbocycles. The Labute approximate surface area is 157 Å².